The molecule has 2 rings (SSSR count). The number of carbonyl (C=O) groups is 1. The average Bonchev–Trinajstić information content (AvgIpc) is 2.90. The molecule has 1 atom stereocenters. The molecular formula is C14H16BrN3OS. The van der Waals surface area contributed by atoms with Crippen molar-refractivity contribution in [3.05, 3.63) is 50.4 Å². The second-order valence-corrected chi connectivity index (χ2v) is 6.30. The standard InChI is InChI=1S/C14H16BrN3OS/c1-9(6-10-4-2-3-5-11(10)15)17-14(19)12-8-20-13(7-16)18-12/h2-5,8-9H,6-7,16H2,1H3,(H,17,19). The normalized spacial score (nSPS) is 12.2. The first-order valence-corrected chi connectivity index (χ1v) is 7.96. The summed E-state index contributed by atoms with van der Waals surface area (Å²) in [5, 5.41) is 5.46. The molecule has 0 fully saturated rings. The molecule has 0 bridgehead atoms. The van der Waals surface area contributed by atoms with Gasteiger partial charge in [0.15, 0.2) is 0 Å². The van der Waals surface area contributed by atoms with Crippen molar-refractivity contribution in [1.82, 2.24) is 10.3 Å². The van der Waals surface area contributed by atoms with Crippen LogP contribution in [0.15, 0.2) is 34.1 Å². The molecule has 0 saturated heterocycles. The molecule has 1 heterocycles. The van der Waals surface area contributed by atoms with Crippen LogP contribution in [-0.2, 0) is 13.0 Å². The van der Waals surface area contributed by atoms with Crippen LogP contribution in [0.25, 0.3) is 0 Å². The third kappa shape index (κ3) is 3.88. The van der Waals surface area contributed by atoms with Crippen molar-refractivity contribution in [2.24, 2.45) is 5.73 Å². The van der Waals surface area contributed by atoms with Gasteiger partial charge in [0.25, 0.3) is 5.91 Å². The van der Waals surface area contributed by atoms with E-state index in [-0.39, 0.29) is 11.9 Å². The summed E-state index contributed by atoms with van der Waals surface area (Å²) >= 11 is 4.92. The lowest BCUT2D eigenvalue weighted by Gasteiger charge is -2.14. The molecule has 20 heavy (non-hydrogen) atoms. The van der Waals surface area contributed by atoms with E-state index in [0.717, 1.165) is 15.9 Å². The van der Waals surface area contributed by atoms with E-state index in [1.165, 1.54) is 16.9 Å². The molecule has 1 unspecified atom stereocenters. The van der Waals surface area contributed by atoms with Gasteiger partial charge in [0, 0.05) is 22.4 Å². The predicted molar refractivity (Wildman–Crippen MR) is 84.8 cm³/mol. The highest BCUT2D eigenvalue weighted by atomic mass is 79.9. The maximum atomic E-state index is 12.0. The Morgan fingerprint density at radius 1 is 1.50 bits per heavy atom. The molecular weight excluding hydrogens is 338 g/mol. The molecule has 0 aliphatic rings. The van der Waals surface area contributed by atoms with Crippen molar-refractivity contribution in [3.63, 3.8) is 0 Å². The van der Waals surface area contributed by atoms with Crippen molar-refractivity contribution < 1.29 is 4.79 Å². The van der Waals surface area contributed by atoms with Crippen molar-refractivity contribution in [3.8, 4) is 0 Å². The lowest BCUT2D eigenvalue weighted by Crippen LogP contribution is -2.34. The Morgan fingerprint density at radius 3 is 2.90 bits per heavy atom. The molecule has 1 aromatic carbocycles. The number of hydrogen-bond acceptors (Lipinski definition) is 4. The molecule has 0 spiro atoms. The molecule has 1 aromatic heterocycles. The zero-order valence-corrected chi connectivity index (χ0v) is 13.5. The summed E-state index contributed by atoms with van der Waals surface area (Å²) in [4.78, 5) is 16.2. The first-order chi connectivity index (χ1) is 9.60. The van der Waals surface area contributed by atoms with Crippen molar-refractivity contribution >= 4 is 33.2 Å². The van der Waals surface area contributed by atoms with Crippen LogP contribution in [0.5, 0.6) is 0 Å². The Kier molecular flexibility index (Phi) is 5.28. The predicted octanol–water partition coefficient (Wildman–Crippen LogP) is 2.73. The second kappa shape index (κ2) is 6.97. The van der Waals surface area contributed by atoms with E-state index in [1.807, 2.05) is 31.2 Å². The number of hydrogen-bond donors (Lipinski definition) is 2. The summed E-state index contributed by atoms with van der Waals surface area (Å²) in [6.45, 7) is 2.35. The van der Waals surface area contributed by atoms with E-state index in [9.17, 15) is 4.79 Å². The minimum Gasteiger partial charge on any atom is -0.348 e. The number of nitrogens with two attached hydrogens (primary N) is 1. The minimum absolute atomic E-state index is 0.0317. The van der Waals surface area contributed by atoms with Crippen LogP contribution in [0.3, 0.4) is 0 Å². The monoisotopic (exact) mass is 353 g/mol. The summed E-state index contributed by atoms with van der Waals surface area (Å²) in [5.74, 6) is -0.152. The topological polar surface area (TPSA) is 68.0 Å². The summed E-state index contributed by atoms with van der Waals surface area (Å²) in [6, 6.07) is 8.03. The Hall–Kier alpha value is -1.24. The van der Waals surface area contributed by atoms with Gasteiger partial charge in [-0.25, -0.2) is 4.98 Å². The number of thiazole rings is 1. The number of benzene rings is 1. The molecule has 4 nitrogen and oxygen atoms in total. The molecule has 3 N–H and O–H groups in total. The molecule has 2 aromatic rings. The first-order valence-electron chi connectivity index (χ1n) is 6.29. The molecule has 0 saturated carbocycles. The van der Waals surface area contributed by atoms with Gasteiger partial charge in [0.2, 0.25) is 0 Å². The fraction of sp³-hybridized carbons (Fsp3) is 0.286. The summed E-state index contributed by atoms with van der Waals surface area (Å²) in [7, 11) is 0. The Morgan fingerprint density at radius 2 is 2.25 bits per heavy atom. The van der Waals surface area contributed by atoms with Crippen molar-refractivity contribution in [1.29, 1.82) is 0 Å². The van der Waals surface area contributed by atoms with Gasteiger partial charge in [-0.1, -0.05) is 34.1 Å². The Labute approximate surface area is 130 Å². The van der Waals surface area contributed by atoms with Gasteiger partial charge in [0.05, 0.1) is 0 Å². The average molecular weight is 354 g/mol. The molecule has 6 heteroatoms. The lowest BCUT2D eigenvalue weighted by molar-refractivity contribution is 0.0935. The van der Waals surface area contributed by atoms with Crippen LogP contribution in [0, 0.1) is 0 Å². The van der Waals surface area contributed by atoms with Crippen LogP contribution in [0.2, 0.25) is 0 Å². The van der Waals surface area contributed by atoms with Gasteiger partial charge in [-0.15, -0.1) is 11.3 Å². The number of halogens is 1. The third-order valence-corrected chi connectivity index (χ3v) is 4.47. The molecule has 0 aliphatic carbocycles. The highest BCUT2D eigenvalue weighted by Crippen LogP contribution is 2.17. The highest BCUT2D eigenvalue weighted by molar-refractivity contribution is 9.10. The number of rotatable bonds is 5. The molecule has 0 aliphatic heterocycles. The van der Waals surface area contributed by atoms with Crippen molar-refractivity contribution in [2.75, 3.05) is 0 Å². The van der Waals surface area contributed by atoms with Crippen molar-refractivity contribution in [2.45, 2.75) is 25.9 Å². The summed E-state index contributed by atoms with van der Waals surface area (Å²) in [5.41, 5.74) is 7.10. The molecule has 1 amide bonds. The Balaban J connectivity index is 1.96. The maximum absolute atomic E-state index is 12.0. The van der Waals surface area contributed by atoms with E-state index in [2.05, 4.69) is 26.2 Å². The van der Waals surface area contributed by atoms with Gasteiger partial charge >= 0.3 is 0 Å². The van der Waals surface area contributed by atoms with E-state index in [1.54, 1.807) is 5.38 Å². The number of aromatic nitrogens is 1. The molecule has 106 valence electrons. The van der Waals surface area contributed by atoms with Crippen LogP contribution < -0.4 is 11.1 Å². The Bertz CT molecular complexity index is 600. The summed E-state index contributed by atoms with van der Waals surface area (Å²) < 4.78 is 1.06. The zero-order valence-electron chi connectivity index (χ0n) is 11.1. The zero-order chi connectivity index (χ0) is 14.5. The number of amides is 1. The van der Waals surface area contributed by atoms with Gasteiger partial charge in [-0.2, -0.15) is 0 Å². The largest absolute Gasteiger partial charge is 0.348 e. The highest BCUT2D eigenvalue weighted by Gasteiger charge is 2.14. The van der Waals surface area contributed by atoms with E-state index in [4.69, 9.17) is 5.73 Å². The van der Waals surface area contributed by atoms with Crippen LogP contribution >= 0.6 is 27.3 Å². The smallest absolute Gasteiger partial charge is 0.270 e. The minimum atomic E-state index is -0.152. The third-order valence-electron chi connectivity index (χ3n) is 2.82. The quantitative estimate of drug-likeness (QED) is 0.868. The SMILES string of the molecule is CC(Cc1ccccc1Br)NC(=O)c1csc(CN)n1. The maximum Gasteiger partial charge on any atom is 0.270 e. The van der Waals surface area contributed by atoms with Gasteiger partial charge in [-0.05, 0) is 25.0 Å². The summed E-state index contributed by atoms with van der Waals surface area (Å²) in [6.07, 6.45) is 0.765. The fourth-order valence-corrected chi connectivity index (χ4v) is 2.95. The second-order valence-electron chi connectivity index (χ2n) is 4.50. The van der Waals surface area contributed by atoms with Gasteiger partial charge < -0.3 is 11.1 Å². The first kappa shape index (κ1) is 15.2. The molecule has 0 radical (unpaired) electrons. The van der Waals surface area contributed by atoms with Gasteiger partial charge in [0.1, 0.15) is 10.7 Å². The number of carbonyl (C=O) groups excluding carboxylic acids is 1. The fourth-order valence-electron chi connectivity index (χ4n) is 1.85. The van der Waals surface area contributed by atoms with E-state index < -0.39 is 0 Å². The van der Waals surface area contributed by atoms with Crippen LogP contribution in [0.4, 0.5) is 0 Å². The van der Waals surface area contributed by atoms with Crippen LogP contribution in [0.1, 0.15) is 28.0 Å². The number of nitrogens with one attached hydrogen (secondary N) is 1. The lowest BCUT2D eigenvalue weighted by atomic mass is 10.1. The van der Waals surface area contributed by atoms with E-state index >= 15 is 0 Å². The van der Waals surface area contributed by atoms with Gasteiger partial charge in [-0.3, -0.25) is 4.79 Å². The number of nitrogens with zero attached hydrogens (tertiary/aromatic N) is 1. The van der Waals surface area contributed by atoms with E-state index in [0.29, 0.717) is 12.2 Å². The van der Waals surface area contributed by atoms with Crippen LogP contribution in [-0.4, -0.2) is 16.9 Å².